The summed E-state index contributed by atoms with van der Waals surface area (Å²) >= 11 is 6.28. The fraction of sp³-hybridized carbons (Fsp3) is 0.269. The Morgan fingerprint density at radius 1 is 1.15 bits per heavy atom. The van der Waals surface area contributed by atoms with Gasteiger partial charge in [-0.3, -0.25) is 14.3 Å². The van der Waals surface area contributed by atoms with E-state index in [4.69, 9.17) is 11.6 Å². The van der Waals surface area contributed by atoms with Crippen LogP contribution in [0.3, 0.4) is 0 Å². The second-order valence-electron chi connectivity index (χ2n) is 8.20. The van der Waals surface area contributed by atoms with Gasteiger partial charge in [-0.25, -0.2) is 0 Å². The number of aromatic nitrogens is 2. The van der Waals surface area contributed by atoms with E-state index >= 15 is 0 Å². The van der Waals surface area contributed by atoms with Gasteiger partial charge in [0.2, 0.25) is 11.8 Å². The van der Waals surface area contributed by atoms with E-state index in [-0.39, 0.29) is 11.8 Å². The third-order valence-corrected chi connectivity index (χ3v) is 6.27. The van der Waals surface area contributed by atoms with Crippen molar-refractivity contribution >= 4 is 35.2 Å². The van der Waals surface area contributed by atoms with Gasteiger partial charge in [0.05, 0.1) is 12.2 Å². The maximum absolute atomic E-state index is 12.4. The number of hydrogen-bond acceptors (Lipinski definition) is 3. The van der Waals surface area contributed by atoms with Gasteiger partial charge in [-0.05, 0) is 55.7 Å². The molecular formula is C26H27ClN4O2. The van der Waals surface area contributed by atoms with Crippen molar-refractivity contribution < 1.29 is 9.59 Å². The van der Waals surface area contributed by atoms with Crippen molar-refractivity contribution in [2.45, 2.75) is 39.8 Å². The van der Waals surface area contributed by atoms with Gasteiger partial charge in [-0.2, -0.15) is 5.10 Å². The summed E-state index contributed by atoms with van der Waals surface area (Å²) in [4.78, 5) is 26.1. The average molecular weight is 463 g/mol. The normalized spacial score (nSPS) is 13.8. The molecule has 1 N–H and O–H groups in total. The molecule has 3 aromatic rings. The summed E-state index contributed by atoms with van der Waals surface area (Å²) < 4.78 is 1.90. The lowest BCUT2D eigenvalue weighted by Gasteiger charge is -2.15. The Bertz CT molecular complexity index is 1200. The predicted octanol–water partition coefficient (Wildman–Crippen LogP) is 4.66. The summed E-state index contributed by atoms with van der Waals surface area (Å²) in [6.45, 7) is 5.68. The number of carbonyl (C=O) groups excluding carboxylic acids is 2. The van der Waals surface area contributed by atoms with Gasteiger partial charge in [0.15, 0.2) is 0 Å². The number of benzene rings is 2. The number of carbonyl (C=O) groups is 2. The van der Waals surface area contributed by atoms with Crippen LogP contribution in [0.2, 0.25) is 5.02 Å². The van der Waals surface area contributed by atoms with Crippen molar-refractivity contribution in [3.05, 3.63) is 87.7 Å². The quantitative estimate of drug-likeness (QED) is 0.519. The van der Waals surface area contributed by atoms with E-state index in [0.717, 1.165) is 46.7 Å². The molecule has 2 amide bonds. The number of nitrogens with zero attached hydrogens (tertiary/aromatic N) is 3. The molecule has 1 aromatic heterocycles. The average Bonchev–Trinajstić information content (AvgIpc) is 3.35. The summed E-state index contributed by atoms with van der Waals surface area (Å²) in [5, 5.41) is 8.23. The minimum atomic E-state index is -0.175. The lowest BCUT2D eigenvalue weighted by Crippen LogP contribution is -2.23. The number of rotatable bonds is 7. The van der Waals surface area contributed by atoms with Gasteiger partial charge < -0.3 is 10.2 Å². The molecule has 0 atom stereocenters. The van der Waals surface area contributed by atoms with Crippen LogP contribution in [0.1, 0.15) is 40.9 Å². The van der Waals surface area contributed by atoms with E-state index in [0.29, 0.717) is 24.5 Å². The number of amides is 2. The molecule has 0 saturated carbocycles. The molecule has 170 valence electrons. The Morgan fingerprint density at radius 2 is 1.91 bits per heavy atom. The molecule has 0 spiro atoms. The summed E-state index contributed by atoms with van der Waals surface area (Å²) in [6, 6.07) is 15.5. The first-order valence-electron chi connectivity index (χ1n) is 11.0. The number of anilines is 1. The molecule has 2 heterocycles. The predicted molar refractivity (Wildman–Crippen MR) is 131 cm³/mol. The molecule has 7 heteroatoms. The Kier molecular flexibility index (Phi) is 6.94. The summed E-state index contributed by atoms with van der Waals surface area (Å²) in [7, 11) is 0. The molecule has 33 heavy (non-hydrogen) atoms. The molecule has 0 aliphatic carbocycles. The molecular weight excluding hydrogens is 436 g/mol. The molecule has 0 unspecified atom stereocenters. The van der Waals surface area contributed by atoms with Gasteiger partial charge in [0, 0.05) is 47.6 Å². The van der Waals surface area contributed by atoms with Crippen LogP contribution < -0.4 is 10.2 Å². The van der Waals surface area contributed by atoms with E-state index in [1.54, 1.807) is 6.08 Å². The standard InChI is InChI=1S/C26H27ClN4O2/c1-18-23(19(2)31(29-18)17-21-6-3-4-7-24(21)27)13-14-25(32)28-16-20-9-11-22(12-10-20)30-15-5-8-26(30)33/h3-4,6-7,9-14H,5,8,15-17H2,1-2H3,(H,28,32)/b14-13+. The van der Waals surface area contributed by atoms with Gasteiger partial charge >= 0.3 is 0 Å². The van der Waals surface area contributed by atoms with Crippen LogP contribution in [-0.4, -0.2) is 28.1 Å². The zero-order chi connectivity index (χ0) is 23.4. The van der Waals surface area contributed by atoms with E-state index in [9.17, 15) is 9.59 Å². The third kappa shape index (κ3) is 5.34. The van der Waals surface area contributed by atoms with Crippen LogP contribution in [0, 0.1) is 13.8 Å². The molecule has 0 radical (unpaired) electrons. The van der Waals surface area contributed by atoms with Crippen molar-refractivity contribution in [3.8, 4) is 0 Å². The number of aryl methyl sites for hydroxylation is 1. The van der Waals surface area contributed by atoms with Crippen molar-refractivity contribution in [3.63, 3.8) is 0 Å². The number of hydrogen-bond donors (Lipinski definition) is 1. The highest BCUT2D eigenvalue weighted by Gasteiger charge is 2.21. The lowest BCUT2D eigenvalue weighted by molar-refractivity contribution is -0.117. The lowest BCUT2D eigenvalue weighted by atomic mass is 10.1. The highest BCUT2D eigenvalue weighted by atomic mass is 35.5. The minimum Gasteiger partial charge on any atom is -0.348 e. The van der Waals surface area contributed by atoms with E-state index < -0.39 is 0 Å². The number of nitrogens with one attached hydrogen (secondary N) is 1. The summed E-state index contributed by atoms with van der Waals surface area (Å²) in [5.41, 5.74) is 5.65. The van der Waals surface area contributed by atoms with Crippen LogP contribution in [0.4, 0.5) is 5.69 Å². The van der Waals surface area contributed by atoms with Gasteiger partial charge in [-0.15, -0.1) is 0 Å². The molecule has 1 aliphatic rings. The topological polar surface area (TPSA) is 67.2 Å². The second-order valence-corrected chi connectivity index (χ2v) is 8.61. The highest BCUT2D eigenvalue weighted by molar-refractivity contribution is 6.31. The minimum absolute atomic E-state index is 0.168. The first-order valence-corrected chi connectivity index (χ1v) is 11.4. The number of halogens is 1. The van der Waals surface area contributed by atoms with E-state index in [2.05, 4.69) is 10.4 Å². The summed E-state index contributed by atoms with van der Waals surface area (Å²) in [5.74, 6) is -0.00610. The maximum atomic E-state index is 12.4. The molecule has 4 rings (SSSR count). The van der Waals surface area contributed by atoms with E-state index in [1.165, 1.54) is 6.08 Å². The Labute approximate surface area is 198 Å². The van der Waals surface area contributed by atoms with Gasteiger partial charge in [0.25, 0.3) is 0 Å². The Morgan fingerprint density at radius 3 is 2.61 bits per heavy atom. The first-order chi connectivity index (χ1) is 15.9. The maximum Gasteiger partial charge on any atom is 0.244 e. The third-order valence-electron chi connectivity index (χ3n) is 5.90. The molecule has 2 aromatic carbocycles. The largest absolute Gasteiger partial charge is 0.348 e. The fourth-order valence-corrected chi connectivity index (χ4v) is 4.21. The molecule has 1 saturated heterocycles. The summed E-state index contributed by atoms with van der Waals surface area (Å²) in [6.07, 6.45) is 4.86. The van der Waals surface area contributed by atoms with Crippen LogP contribution in [0.15, 0.2) is 54.6 Å². The first kappa shape index (κ1) is 22.8. The zero-order valence-electron chi connectivity index (χ0n) is 18.8. The monoisotopic (exact) mass is 462 g/mol. The fourth-order valence-electron chi connectivity index (χ4n) is 4.02. The van der Waals surface area contributed by atoms with Crippen LogP contribution in [0.5, 0.6) is 0 Å². The Balaban J connectivity index is 1.35. The second kappa shape index (κ2) is 10.0. The SMILES string of the molecule is Cc1nn(Cc2ccccc2Cl)c(C)c1/C=C/C(=O)NCc1ccc(N2CCCC2=O)cc1. The molecule has 6 nitrogen and oxygen atoms in total. The van der Waals surface area contributed by atoms with Crippen molar-refractivity contribution in [2.75, 3.05) is 11.4 Å². The zero-order valence-corrected chi connectivity index (χ0v) is 19.6. The van der Waals surface area contributed by atoms with Crippen LogP contribution in [0.25, 0.3) is 6.08 Å². The van der Waals surface area contributed by atoms with Crippen molar-refractivity contribution in [2.24, 2.45) is 0 Å². The van der Waals surface area contributed by atoms with E-state index in [1.807, 2.05) is 72.0 Å². The van der Waals surface area contributed by atoms with Gasteiger partial charge in [-0.1, -0.05) is 41.9 Å². The highest BCUT2D eigenvalue weighted by Crippen LogP contribution is 2.22. The molecule has 1 aliphatic heterocycles. The molecule has 1 fully saturated rings. The van der Waals surface area contributed by atoms with Crippen LogP contribution >= 0.6 is 11.6 Å². The van der Waals surface area contributed by atoms with Crippen LogP contribution in [-0.2, 0) is 22.7 Å². The molecule has 0 bridgehead atoms. The van der Waals surface area contributed by atoms with Gasteiger partial charge in [0.1, 0.15) is 0 Å². The van der Waals surface area contributed by atoms with Crippen molar-refractivity contribution in [1.29, 1.82) is 0 Å². The Hall–Kier alpha value is -3.38. The smallest absolute Gasteiger partial charge is 0.244 e. The van der Waals surface area contributed by atoms with Crippen molar-refractivity contribution in [1.82, 2.24) is 15.1 Å².